The Hall–Kier alpha value is -0.770. The molecule has 4 heteroatoms. The van der Waals surface area contributed by atoms with Crippen LogP contribution < -0.4 is 5.32 Å². The highest BCUT2D eigenvalue weighted by Crippen LogP contribution is 2.08. The number of likely N-dealkylation sites (tertiary alicyclic amines) is 2. The maximum atomic E-state index is 11.7. The smallest absolute Gasteiger partial charge is 0.317 e. The van der Waals surface area contributed by atoms with Crippen LogP contribution in [0.15, 0.2) is 0 Å². The minimum absolute atomic E-state index is 0.134. The van der Waals surface area contributed by atoms with E-state index in [1.807, 2.05) is 4.90 Å². The molecule has 92 valence electrons. The molecule has 0 radical (unpaired) electrons. The maximum absolute atomic E-state index is 11.7. The Morgan fingerprint density at radius 3 is 2.25 bits per heavy atom. The molecule has 2 aliphatic rings. The lowest BCUT2D eigenvalue weighted by Crippen LogP contribution is -2.42. The minimum atomic E-state index is 0.134. The van der Waals surface area contributed by atoms with Crippen molar-refractivity contribution in [3.63, 3.8) is 0 Å². The highest BCUT2D eigenvalue weighted by atomic mass is 16.2. The van der Waals surface area contributed by atoms with Crippen molar-refractivity contribution in [1.29, 1.82) is 0 Å². The van der Waals surface area contributed by atoms with Gasteiger partial charge in [0.1, 0.15) is 0 Å². The summed E-state index contributed by atoms with van der Waals surface area (Å²) in [5, 5.41) is 3.02. The molecule has 0 spiro atoms. The predicted molar refractivity (Wildman–Crippen MR) is 64.5 cm³/mol. The SMILES string of the molecule is O=C(NCCN1CCCCC1)N1CCCC1. The van der Waals surface area contributed by atoms with Gasteiger partial charge < -0.3 is 15.1 Å². The summed E-state index contributed by atoms with van der Waals surface area (Å²) in [6, 6.07) is 0.134. The third-order valence-corrected chi connectivity index (χ3v) is 3.55. The maximum Gasteiger partial charge on any atom is 0.317 e. The van der Waals surface area contributed by atoms with Crippen LogP contribution in [-0.2, 0) is 0 Å². The van der Waals surface area contributed by atoms with E-state index in [0.717, 1.165) is 26.2 Å². The topological polar surface area (TPSA) is 35.6 Å². The number of rotatable bonds is 3. The zero-order chi connectivity index (χ0) is 11.2. The van der Waals surface area contributed by atoms with E-state index >= 15 is 0 Å². The number of hydrogen-bond acceptors (Lipinski definition) is 2. The number of carbonyl (C=O) groups is 1. The van der Waals surface area contributed by atoms with Gasteiger partial charge in [0.15, 0.2) is 0 Å². The fraction of sp³-hybridized carbons (Fsp3) is 0.917. The summed E-state index contributed by atoms with van der Waals surface area (Å²) in [4.78, 5) is 16.1. The van der Waals surface area contributed by atoms with Crippen molar-refractivity contribution in [2.75, 3.05) is 39.3 Å². The van der Waals surface area contributed by atoms with Crippen LogP contribution in [0, 0.1) is 0 Å². The highest BCUT2D eigenvalue weighted by Gasteiger charge is 2.17. The summed E-state index contributed by atoms with van der Waals surface area (Å²) in [6.45, 7) is 6.11. The number of nitrogens with one attached hydrogen (secondary N) is 1. The molecule has 0 bridgehead atoms. The number of amides is 2. The molecule has 1 N–H and O–H groups in total. The molecular weight excluding hydrogens is 202 g/mol. The summed E-state index contributed by atoms with van der Waals surface area (Å²) >= 11 is 0. The van der Waals surface area contributed by atoms with Crippen molar-refractivity contribution in [3.05, 3.63) is 0 Å². The molecule has 2 fully saturated rings. The van der Waals surface area contributed by atoms with Gasteiger partial charge in [0, 0.05) is 26.2 Å². The molecule has 2 amide bonds. The predicted octanol–water partition coefficient (Wildman–Crippen LogP) is 1.28. The average Bonchev–Trinajstić information content (AvgIpc) is 2.84. The molecule has 0 atom stereocenters. The first-order valence-corrected chi connectivity index (χ1v) is 6.61. The van der Waals surface area contributed by atoms with E-state index in [1.54, 1.807) is 0 Å². The molecule has 2 saturated heterocycles. The van der Waals surface area contributed by atoms with Crippen LogP contribution in [0.25, 0.3) is 0 Å². The van der Waals surface area contributed by atoms with Gasteiger partial charge in [-0.2, -0.15) is 0 Å². The van der Waals surface area contributed by atoms with Gasteiger partial charge in [0.2, 0.25) is 0 Å². The molecule has 0 aliphatic carbocycles. The van der Waals surface area contributed by atoms with Gasteiger partial charge >= 0.3 is 6.03 Å². The van der Waals surface area contributed by atoms with Crippen LogP contribution in [0.2, 0.25) is 0 Å². The van der Waals surface area contributed by atoms with Crippen LogP contribution in [0.3, 0.4) is 0 Å². The lowest BCUT2D eigenvalue weighted by Gasteiger charge is -2.26. The van der Waals surface area contributed by atoms with Gasteiger partial charge in [-0.3, -0.25) is 0 Å². The summed E-state index contributed by atoms with van der Waals surface area (Å²) in [5.74, 6) is 0. The Balaban J connectivity index is 1.57. The Bertz CT molecular complexity index is 220. The quantitative estimate of drug-likeness (QED) is 0.785. The summed E-state index contributed by atoms with van der Waals surface area (Å²) in [5.41, 5.74) is 0. The second-order valence-corrected chi connectivity index (χ2v) is 4.83. The van der Waals surface area contributed by atoms with Crippen molar-refractivity contribution in [3.8, 4) is 0 Å². The fourth-order valence-corrected chi connectivity index (χ4v) is 2.54. The molecule has 2 rings (SSSR count). The van der Waals surface area contributed by atoms with E-state index in [1.165, 1.54) is 45.2 Å². The van der Waals surface area contributed by atoms with Gasteiger partial charge in [0.25, 0.3) is 0 Å². The molecule has 0 unspecified atom stereocenters. The number of nitrogens with zero attached hydrogens (tertiary/aromatic N) is 2. The first kappa shape index (κ1) is 11.7. The minimum Gasteiger partial charge on any atom is -0.337 e. The van der Waals surface area contributed by atoms with Gasteiger partial charge in [-0.15, -0.1) is 0 Å². The fourth-order valence-electron chi connectivity index (χ4n) is 2.54. The first-order chi connectivity index (χ1) is 7.86. The van der Waals surface area contributed by atoms with Crippen LogP contribution in [-0.4, -0.2) is 55.1 Å². The molecule has 0 aromatic carbocycles. The van der Waals surface area contributed by atoms with Crippen LogP contribution >= 0.6 is 0 Å². The van der Waals surface area contributed by atoms with E-state index in [2.05, 4.69) is 10.2 Å². The van der Waals surface area contributed by atoms with Gasteiger partial charge in [-0.05, 0) is 38.8 Å². The summed E-state index contributed by atoms with van der Waals surface area (Å²) in [6.07, 6.45) is 6.34. The van der Waals surface area contributed by atoms with Gasteiger partial charge in [0.05, 0.1) is 0 Å². The lowest BCUT2D eigenvalue weighted by atomic mass is 10.1. The van der Waals surface area contributed by atoms with E-state index in [0.29, 0.717) is 0 Å². The third kappa shape index (κ3) is 3.37. The second-order valence-electron chi connectivity index (χ2n) is 4.83. The molecule has 0 saturated carbocycles. The molecule has 4 nitrogen and oxygen atoms in total. The molecule has 0 aromatic heterocycles. The average molecular weight is 225 g/mol. The standard InChI is InChI=1S/C12H23N3O/c16-12(15-9-4-5-10-15)13-6-11-14-7-2-1-3-8-14/h1-11H2,(H,13,16). The molecular formula is C12H23N3O. The summed E-state index contributed by atoms with van der Waals surface area (Å²) < 4.78 is 0. The third-order valence-electron chi connectivity index (χ3n) is 3.55. The van der Waals surface area contributed by atoms with E-state index < -0.39 is 0 Å². The number of piperidine rings is 1. The Labute approximate surface area is 98.0 Å². The Kier molecular flexibility index (Phi) is 4.45. The number of urea groups is 1. The van der Waals surface area contributed by atoms with Crippen molar-refractivity contribution < 1.29 is 4.79 Å². The molecule has 0 aromatic rings. The normalized spacial score (nSPS) is 22.4. The molecule has 2 heterocycles. The Morgan fingerprint density at radius 2 is 1.56 bits per heavy atom. The summed E-state index contributed by atoms with van der Waals surface area (Å²) in [7, 11) is 0. The zero-order valence-corrected chi connectivity index (χ0v) is 10.1. The molecule has 2 aliphatic heterocycles. The zero-order valence-electron chi connectivity index (χ0n) is 10.1. The highest BCUT2D eigenvalue weighted by molar-refractivity contribution is 5.74. The van der Waals surface area contributed by atoms with E-state index in [9.17, 15) is 4.79 Å². The molecule has 16 heavy (non-hydrogen) atoms. The lowest BCUT2D eigenvalue weighted by molar-refractivity contribution is 0.200. The monoisotopic (exact) mass is 225 g/mol. The number of hydrogen-bond donors (Lipinski definition) is 1. The van der Waals surface area contributed by atoms with E-state index in [4.69, 9.17) is 0 Å². The van der Waals surface area contributed by atoms with Crippen molar-refractivity contribution in [2.45, 2.75) is 32.1 Å². The second kappa shape index (κ2) is 6.09. The largest absolute Gasteiger partial charge is 0.337 e. The van der Waals surface area contributed by atoms with Crippen LogP contribution in [0.1, 0.15) is 32.1 Å². The van der Waals surface area contributed by atoms with Crippen LogP contribution in [0.4, 0.5) is 4.79 Å². The number of carbonyl (C=O) groups excluding carboxylic acids is 1. The van der Waals surface area contributed by atoms with Gasteiger partial charge in [-0.25, -0.2) is 4.79 Å². The van der Waals surface area contributed by atoms with Crippen molar-refractivity contribution in [1.82, 2.24) is 15.1 Å². The van der Waals surface area contributed by atoms with Gasteiger partial charge in [-0.1, -0.05) is 6.42 Å². The first-order valence-electron chi connectivity index (χ1n) is 6.61. The van der Waals surface area contributed by atoms with Crippen LogP contribution in [0.5, 0.6) is 0 Å². The Morgan fingerprint density at radius 1 is 0.938 bits per heavy atom. The van der Waals surface area contributed by atoms with E-state index in [-0.39, 0.29) is 6.03 Å². The van der Waals surface area contributed by atoms with Crippen molar-refractivity contribution in [2.24, 2.45) is 0 Å². The van der Waals surface area contributed by atoms with Crippen molar-refractivity contribution >= 4 is 6.03 Å².